The van der Waals surface area contributed by atoms with Crippen LogP contribution >= 0.6 is 0 Å². The predicted octanol–water partition coefficient (Wildman–Crippen LogP) is 2.96. The topological polar surface area (TPSA) is 71.0 Å². The number of hydrogen-bond acceptors (Lipinski definition) is 5. The second kappa shape index (κ2) is 6.41. The number of amides is 1. The summed E-state index contributed by atoms with van der Waals surface area (Å²) in [5.74, 6) is 0.936. The molecule has 0 fully saturated rings. The number of pyridine rings is 3. The molecule has 140 valence electrons. The van der Waals surface area contributed by atoms with E-state index in [0.29, 0.717) is 12.1 Å². The van der Waals surface area contributed by atoms with Gasteiger partial charge in [0, 0.05) is 54.4 Å². The van der Waals surface area contributed by atoms with Gasteiger partial charge in [-0.2, -0.15) is 0 Å². The molecular weight excluding hydrogens is 350 g/mol. The number of aryl methyl sites for hydroxylation is 2. The molecule has 0 spiro atoms. The maximum absolute atomic E-state index is 11.9. The zero-order chi connectivity index (χ0) is 19.3. The van der Waals surface area contributed by atoms with E-state index in [1.54, 1.807) is 0 Å². The van der Waals surface area contributed by atoms with E-state index in [1.165, 1.54) is 5.56 Å². The molecular formula is C22H21N5O. The van der Waals surface area contributed by atoms with Crippen molar-refractivity contribution in [3.8, 4) is 11.1 Å². The first-order valence-electron chi connectivity index (χ1n) is 9.53. The van der Waals surface area contributed by atoms with Crippen LogP contribution in [0.15, 0.2) is 36.7 Å². The molecule has 0 bridgehead atoms. The Bertz CT molecular complexity index is 1110. The minimum Gasteiger partial charge on any atom is -0.352 e. The first-order chi connectivity index (χ1) is 13.6. The molecule has 0 unspecified atom stereocenters. The van der Waals surface area contributed by atoms with Crippen LogP contribution < -0.4 is 10.2 Å². The highest BCUT2D eigenvalue weighted by atomic mass is 16.1. The maximum atomic E-state index is 11.9. The molecule has 0 atom stereocenters. The van der Waals surface area contributed by atoms with Gasteiger partial charge in [-0.05, 0) is 43.2 Å². The Labute approximate surface area is 163 Å². The molecule has 3 aromatic heterocycles. The largest absolute Gasteiger partial charge is 0.352 e. The highest BCUT2D eigenvalue weighted by Gasteiger charge is 2.26. The van der Waals surface area contributed by atoms with E-state index >= 15 is 0 Å². The molecule has 1 N–H and O–H groups in total. The van der Waals surface area contributed by atoms with Gasteiger partial charge in [0.2, 0.25) is 0 Å². The molecule has 1 amide bonds. The molecule has 0 aliphatic carbocycles. The lowest BCUT2D eigenvalue weighted by Crippen LogP contribution is -2.32. The zero-order valence-electron chi connectivity index (χ0n) is 16.0. The third-order valence-electron chi connectivity index (χ3n) is 5.58. The van der Waals surface area contributed by atoms with E-state index in [9.17, 15) is 4.79 Å². The van der Waals surface area contributed by atoms with E-state index in [0.717, 1.165) is 59.1 Å². The molecule has 2 aliphatic rings. The lowest BCUT2D eigenvalue weighted by molar-refractivity contribution is 0.0965. The fourth-order valence-electron chi connectivity index (χ4n) is 4.09. The van der Waals surface area contributed by atoms with E-state index in [1.807, 2.05) is 38.4 Å². The summed E-state index contributed by atoms with van der Waals surface area (Å²) in [6, 6.07) is 8.24. The van der Waals surface area contributed by atoms with Gasteiger partial charge in [0.05, 0.1) is 17.8 Å². The molecule has 6 nitrogen and oxygen atoms in total. The molecule has 2 aliphatic heterocycles. The number of nitrogens with one attached hydrogen (secondary N) is 1. The number of carbonyl (C=O) groups excluding carboxylic acids is 1. The molecule has 0 radical (unpaired) electrons. The Kier molecular flexibility index (Phi) is 3.86. The molecule has 3 aromatic rings. The van der Waals surface area contributed by atoms with Crippen LogP contribution in [0.1, 0.15) is 38.6 Å². The van der Waals surface area contributed by atoms with Gasteiger partial charge < -0.3 is 10.2 Å². The van der Waals surface area contributed by atoms with Crippen LogP contribution in [-0.2, 0) is 19.5 Å². The van der Waals surface area contributed by atoms with Gasteiger partial charge in [-0.15, -0.1) is 0 Å². The number of rotatable bonds is 2. The third-order valence-corrected chi connectivity index (χ3v) is 5.58. The Morgan fingerprint density at radius 1 is 1.11 bits per heavy atom. The average Bonchev–Trinajstić information content (AvgIpc) is 3.07. The second-order valence-electron chi connectivity index (χ2n) is 7.44. The van der Waals surface area contributed by atoms with Gasteiger partial charge in [0.25, 0.3) is 5.91 Å². The van der Waals surface area contributed by atoms with Crippen LogP contribution in [0.4, 0.5) is 5.82 Å². The van der Waals surface area contributed by atoms with Crippen LogP contribution in [0.2, 0.25) is 0 Å². The van der Waals surface area contributed by atoms with E-state index < -0.39 is 0 Å². The minimum atomic E-state index is -0.0261. The second-order valence-corrected chi connectivity index (χ2v) is 7.44. The zero-order valence-corrected chi connectivity index (χ0v) is 16.0. The third kappa shape index (κ3) is 2.72. The summed E-state index contributed by atoms with van der Waals surface area (Å²) in [5.41, 5.74) is 8.17. The van der Waals surface area contributed by atoms with Crippen LogP contribution in [0.5, 0.6) is 0 Å². The van der Waals surface area contributed by atoms with Crippen molar-refractivity contribution in [3.63, 3.8) is 0 Å². The highest BCUT2D eigenvalue weighted by Crippen LogP contribution is 2.30. The van der Waals surface area contributed by atoms with E-state index in [4.69, 9.17) is 9.97 Å². The first-order valence-corrected chi connectivity index (χ1v) is 9.53. The molecule has 28 heavy (non-hydrogen) atoms. The Morgan fingerprint density at radius 3 is 2.86 bits per heavy atom. The average molecular weight is 371 g/mol. The minimum absolute atomic E-state index is 0.0261. The first kappa shape index (κ1) is 16.9. The van der Waals surface area contributed by atoms with Gasteiger partial charge in [0.1, 0.15) is 5.82 Å². The van der Waals surface area contributed by atoms with Crippen molar-refractivity contribution < 1.29 is 4.79 Å². The van der Waals surface area contributed by atoms with Crippen molar-refractivity contribution in [1.82, 2.24) is 20.3 Å². The monoisotopic (exact) mass is 371 g/mol. The van der Waals surface area contributed by atoms with Gasteiger partial charge in [0.15, 0.2) is 0 Å². The number of fused-ring (bicyclic) bond motifs is 2. The fraction of sp³-hybridized carbons (Fsp3) is 0.273. The van der Waals surface area contributed by atoms with Crippen molar-refractivity contribution in [3.05, 3.63) is 70.4 Å². The number of hydrogen-bond donors (Lipinski definition) is 1. The fourth-order valence-corrected chi connectivity index (χ4v) is 4.09. The van der Waals surface area contributed by atoms with Crippen molar-refractivity contribution in [1.29, 1.82) is 0 Å². The van der Waals surface area contributed by atoms with Crippen LogP contribution in [-0.4, -0.2) is 27.4 Å². The summed E-state index contributed by atoms with van der Waals surface area (Å²) in [5, 5.41) is 2.85. The van der Waals surface area contributed by atoms with Crippen LogP contribution in [0.3, 0.4) is 0 Å². The van der Waals surface area contributed by atoms with Crippen molar-refractivity contribution in [2.75, 3.05) is 11.4 Å². The Morgan fingerprint density at radius 2 is 2.00 bits per heavy atom. The summed E-state index contributed by atoms with van der Waals surface area (Å²) in [6.45, 7) is 6.20. The summed E-state index contributed by atoms with van der Waals surface area (Å²) in [7, 11) is 0. The SMILES string of the molecule is Cc1cc2c(nc1N1CCc3ncc(-c4cccnc4C)cc3C1)CNC2=O. The normalized spacial score (nSPS) is 15.2. The number of anilines is 1. The molecule has 0 saturated carbocycles. The van der Waals surface area contributed by atoms with Gasteiger partial charge in [-0.25, -0.2) is 4.98 Å². The standard InChI is InChI=1S/C22H21N5O/c1-13-8-18-20(11-25-22(18)28)26-21(13)27-7-5-19-16(12-27)9-15(10-24-19)17-4-3-6-23-14(17)2/h3-4,6,8-10H,5,7,11-12H2,1-2H3,(H,25,28). The quantitative estimate of drug-likeness (QED) is 0.750. The predicted molar refractivity (Wildman–Crippen MR) is 107 cm³/mol. The summed E-state index contributed by atoms with van der Waals surface area (Å²) >= 11 is 0. The molecule has 0 saturated heterocycles. The lowest BCUT2D eigenvalue weighted by Gasteiger charge is -2.31. The summed E-state index contributed by atoms with van der Waals surface area (Å²) in [6.07, 6.45) is 4.65. The van der Waals surface area contributed by atoms with E-state index in [2.05, 4.69) is 27.3 Å². The van der Waals surface area contributed by atoms with Crippen molar-refractivity contribution in [2.45, 2.75) is 33.4 Å². The maximum Gasteiger partial charge on any atom is 0.253 e. The highest BCUT2D eigenvalue weighted by molar-refractivity contribution is 5.98. The lowest BCUT2D eigenvalue weighted by atomic mass is 9.99. The van der Waals surface area contributed by atoms with Gasteiger partial charge >= 0.3 is 0 Å². The summed E-state index contributed by atoms with van der Waals surface area (Å²) in [4.78, 5) is 28.1. The number of carbonyl (C=O) groups is 1. The smallest absolute Gasteiger partial charge is 0.253 e. The molecule has 5 rings (SSSR count). The van der Waals surface area contributed by atoms with Crippen LogP contribution in [0, 0.1) is 13.8 Å². The van der Waals surface area contributed by atoms with Crippen molar-refractivity contribution in [2.24, 2.45) is 0 Å². The van der Waals surface area contributed by atoms with Crippen LogP contribution in [0.25, 0.3) is 11.1 Å². The molecule has 5 heterocycles. The van der Waals surface area contributed by atoms with Gasteiger partial charge in [-0.3, -0.25) is 14.8 Å². The van der Waals surface area contributed by atoms with E-state index in [-0.39, 0.29) is 5.91 Å². The van der Waals surface area contributed by atoms with Crippen molar-refractivity contribution >= 4 is 11.7 Å². The summed E-state index contributed by atoms with van der Waals surface area (Å²) < 4.78 is 0. The molecule has 6 heteroatoms. The molecule has 0 aromatic carbocycles. The van der Waals surface area contributed by atoms with Gasteiger partial charge in [-0.1, -0.05) is 6.07 Å². The number of nitrogens with zero attached hydrogens (tertiary/aromatic N) is 4. The Hall–Kier alpha value is -3.28. The number of aromatic nitrogens is 3. The Balaban J connectivity index is 1.49.